The van der Waals surface area contributed by atoms with Gasteiger partial charge < -0.3 is 10.6 Å². The molecule has 0 saturated heterocycles. The van der Waals surface area contributed by atoms with Crippen molar-refractivity contribution in [3.05, 3.63) is 35.6 Å². The Morgan fingerprint density at radius 1 is 1.53 bits per heavy atom. The van der Waals surface area contributed by atoms with Gasteiger partial charge in [0.25, 0.3) is 0 Å². The van der Waals surface area contributed by atoms with Crippen LogP contribution < -0.4 is 5.73 Å². The molecule has 0 heterocycles. The Balaban J connectivity index is 2.64. The van der Waals surface area contributed by atoms with Crippen molar-refractivity contribution in [1.29, 1.82) is 0 Å². The topological polar surface area (TPSA) is 46.3 Å². The third-order valence-corrected chi connectivity index (χ3v) is 3.55. The van der Waals surface area contributed by atoms with Gasteiger partial charge in [0.2, 0.25) is 5.91 Å². The molecule has 2 N–H and O–H groups in total. The van der Waals surface area contributed by atoms with E-state index < -0.39 is 6.04 Å². The fourth-order valence-electron chi connectivity index (χ4n) is 1.80. The van der Waals surface area contributed by atoms with Gasteiger partial charge in [0.15, 0.2) is 0 Å². The van der Waals surface area contributed by atoms with Crippen LogP contribution >= 0.6 is 11.8 Å². The lowest BCUT2D eigenvalue weighted by Gasteiger charge is -2.24. The van der Waals surface area contributed by atoms with E-state index in [4.69, 9.17) is 5.73 Å². The highest BCUT2D eigenvalue weighted by atomic mass is 32.2. The van der Waals surface area contributed by atoms with Crippen LogP contribution in [0.1, 0.15) is 18.9 Å². The van der Waals surface area contributed by atoms with E-state index >= 15 is 0 Å². The van der Waals surface area contributed by atoms with Crippen molar-refractivity contribution in [1.82, 2.24) is 4.90 Å². The molecule has 0 radical (unpaired) electrons. The maximum atomic E-state index is 13.1. The van der Waals surface area contributed by atoms with Crippen LogP contribution in [-0.2, 0) is 11.3 Å². The molecule has 0 fully saturated rings. The van der Waals surface area contributed by atoms with E-state index in [1.54, 1.807) is 22.7 Å². The molecule has 0 aliphatic rings. The molecule has 1 atom stereocenters. The number of nitrogens with two attached hydrogens (primary N) is 1. The summed E-state index contributed by atoms with van der Waals surface area (Å²) in [4.78, 5) is 13.8. The molecule has 1 amide bonds. The first-order chi connectivity index (χ1) is 9.08. The van der Waals surface area contributed by atoms with Crippen molar-refractivity contribution in [2.75, 3.05) is 18.6 Å². The number of halogens is 1. The highest BCUT2D eigenvalue weighted by Gasteiger charge is 2.19. The smallest absolute Gasteiger partial charge is 0.239 e. The number of carbonyl (C=O) groups is 1. The Hall–Kier alpha value is -1.07. The van der Waals surface area contributed by atoms with Crippen molar-refractivity contribution < 1.29 is 9.18 Å². The van der Waals surface area contributed by atoms with E-state index in [9.17, 15) is 9.18 Å². The summed E-state index contributed by atoms with van der Waals surface area (Å²) >= 11 is 1.67. The highest BCUT2D eigenvalue weighted by Crippen LogP contribution is 2.09. The number of nitrogens with zero attached hydrogens (tertiary/aromatic N) is 1. The molecule has 19 heavy (non-hydrogen) atoms. The van der Waals surface area contributed by atoms with Gasteiger partial charge in [0.1, 0.15) is 5.82 Å². The Bertz CT molecular complexity index is 414. The highest BCUT2D eigenvalue weighted by molar-refractivity contribution is 7.98. The number of hydrogen-bond acceptors (Lipinski definition) is 3. The summed E-state index contributed by atoms with van der Waals surface area (Å²) in [6, 6.07) is 5.83. The fraction of sp³-hybridized carbons (Fsp3) is 0.500. The zero-order valence-corrected chi connectivity index (χ0v) is 12.3. The molecule has 106 valence electrons. The van der Waals surface area contributed by atoms with Crippen LogP contribution in [0.2, 0.25) is 0 Å². The Kier molecular flexibility index (Phi) is 6.87. The van der Waals surface area contributed by atoms with Gasteiger partial charge in [-0.05, 0) is 43.0 Å². The summed E-state index contributed by atoms with van der Waals surface area (Å²) in [6.07, 6.45) is 2.65. The van der Waals surface area contributed by atoms with Gasteiger partial charge in [-0.25, -0.2) is 4.39 Å². The number of carbonyl (C=O) groups excluding carboxylic acids is 1. The van der Waals surface area contributed by atoms with Crippen LogP contribution in [0.3, 0.4) is 0 Å². The minimum absolute atomic E-state index is 0.0687. The van der Waals surface area contributed by atoms with Crippen LogP contribution in [0, 0.1) is 5.82 Å². The maximum Gasteiger partial charge on any atom is 0.239 e. The zero-order chi connectivity index (χ0) is 14.3. The zero-order valence-electron chi connectivity index (χ0n) is 11.4. The van der Waals surface area contributed by atoms with Crippen LogP contribution in [0.4, 0.5) is 4.39 Å². The second kappa shape index (κ2) is 8.17. The average molecular weight is 284 g/mol. The van der Waals surface area contributed by atoms with E-state index in [0.717, 1.165) is 11.3 Å². The normalized spacial score (nSPS) is 12.2. The quantitative estimate of drug-likeness (QED) is 0.835. The summed E-state index contributed by atoms with van der Waals surface area (Å²) < 4.78 is 13.1. The summed E-state index contributed by atoms with van der Waals surface area (Å²) in [5.41, 5.74) is 6.67. The van der Waals surface area contributed by atoms with E-state index in [1.807, 2.05) is 19.2 Å². The third-order valence-electron chi connectivity index (χ3n) is 2.91. The molecule has 1 rings (SSSR count). The average Bonchev–Trinajstić information content (AvgIpc) is 2.41. The van der Waals surface area contributed by atoms with Crippen LogP contribution in [0.5, 0.6) is 0 Å². The van der Waals surface area contributed by atoms with Gasteiger partial charge in [0, 0.05) is 13.1 Å². The predicted molar refractivity (Wildman–Crippen MR) is 78.5 cm³/mol. The molecule has 0 aromatic heterocycles. The van der Waals surface area contributed by atoms with E-state index in [-0.39, 0.29) is 11.7 Å². The van der Waals surface area contributed by atoms with Crippen LogP contribution in [0.15, 0.2) is 24.3 Å². The lowest BCUT2D eigenvalue weighted by molar-refractivity contribution is -0.133. The molecule has 1 aromatic rings. The second-order valence-corrected chi connectivity index (χ2v) is 5.36. The molecule has 1 aromatic carbocycles. The minimum atomic E-state index is -0.471. The molecular formula is C14H21FN2OS. The van der Waals surface area contributed by atoms with Gasteiger partial charge in [0.05, 0.1) is 6.04 Å². The van der Waals surface area contributed by atoms with Crippen molar-refractivity contribution in [3.63, 3.8) is 0 Å². The number of thioether (sulfide) groups is 1. The Labute approximate surface area is 118 Å². The van der Waals surface area contributed by atoms with Gasteiger partial charge in [-0.2, -0.15) is 11.8 Å². The van der Waals surface area contributed by atoms with Crippen molar-refractivity contribution in [3.8, 4) is 0 Å². The SMILES string of the molecule is CCN(Cc1cccc(F)c1)C(=O)[C@H](N)CCSC. The molecule has 0 unspecified atom stereocenters. The maximum absolute atomic E-state index is 13.1. The molecule has 0 aliphatic carbocycles. The molecule has 0 bridgehead atoms. The first kappa shape index (κ1) is 16.0. The largest absolute Gasteiger partial charge is 0.337 e. The Morgan fingerprint density at radius 3 is 2.84 bits per heavy atom. The summed E-state index contributed by atoms with van der Waals surface area (Å²) in [6.45, 7) is 2.88. The van der Waals surface area contributed by atoms with Gasteiger partial charge >= 0.3 is 0 Å². The first-order valence-corrected chi connectivity index (χ1v) is 7.75. The standard InChI is InChI=1S/C14H21FN2OS/c1-3-17(14(18)13(16)7-8-19-2)10-11-5-4-6-12(15)9-11/h4-6,9,13H,3,7-8,10,16H2,1-2H3/t13-/m1/s1. The lowest BCUT2D eigenvalue weighted by atomic mass is 10.1. The molecule has 0 saturated carbocycles. The van der Waals surface area contributed by atoms with Gasteiger partial charge in [-0.15, -0.1) is 0 Å². The summed E-state index contributed by atoms with van der Waals surface area (Å²) in [5.74, 6) is 0.512. The van der Waals surface area contributed by atoms with Crippen LogP contribution in [0.25, 0.3) is 0 Å². The summed E-state index contributed by atoms with van der Waals surface area (Å²) in [5, 5.41) is 0. The third kappa shape index (κ3) is 5.20. The van der Waals surface area contributed by atoms with Gasteiger partial charge in [-0.3, -0.25) is 4.79 Å². The minimum Gasteiger partial charge on any atom is -0.337 e. The first-order valence-electron chi connectivity index (χ1n) is 6.36. The fourth-order valence-corrected chi connectivity index (χ4v) is 2.29. The predicted octanol–water partition coefficient (Wildman–Crippen LogP) is 2.25. The monoisotopic (exact) mass is 284 g/mol. The molecule has 3 nitrogen and oxygen atoms in total. The van der Waals surface area contributed by atoms with Crippen LogP contribution in [-0.4, -0.2) is 35.4 Å². The van der Waals surface area contributed by atoms with Crippen molar-refractivity contribution >= 4 is 17.7 Å². The number of rotatable bonds is 7. The van der Waals surface area contributed by atoms with Crippen molar-refractivity contribution in [2.24, 2.45) is 5.73 Å². The molecule has 0 aliphatic heterocycles. The number of hydrogen-bond donors (Lipinski definition) is 1. The molecule has 0 spiro atoms. The van der Waals surface area contributed by atoms with E-state index in [0.29, 0.717) is 19.5 Å². The van der Waals surface area contributed by atoms with E-state index in [1.165, 1.54) is 12.1 Å². The van der Waals surface area contributed by atoms with Crippen molar-refractivity contribution in [2.45, 2.75) is 25.9 Å². The second-order valence-electron chi connectivity index (χ2n) is 4.37. The summed E-state index contributed by atoms with van der Waals surface area (Å²) in [7, 11) is 0. The lowest BCUT2D eigenvalue weighted by Crippen LogP contribution is -2.43. The Morgan fingerprint density at radius 2 is 2.26 bits per heavy atom. The molecular weight excluding hydrogens is 263 g/mol. The number of likely N-dealkylation sites (N-methyl/N-ethyl adjacent to an activating group) is 1. The van der Waals surface area contributed by atoms with E-state index in [2.05, 4.69) is 0 Å². The number of amides is 1. The molecule has 5 heteroatoms. The van der Waals surface area contributed by atoms with Gasteiger partial charge in [-0.1, -0.05) is 12.1 Å². The number of benzene rings is 1.